The molecule has 4 nitrogen and oxygen atoms in total. The summed E-state index contributed by atoms with van der Waals surface area (Å²) in [5.74, 6) is 0.252. The summed E-state index contributed by atoms with van der Waals surface area (Å²) in [6.07, 6.45) is -0.118. The van der Waals surface area contributed by atoms with E-state index in [-0.39, 0.29) is 18.1 Å². The lowest BCUT2D eigenvalue weighted by Crippen LogP contribution is -2.14. The van der Waals surface area contributed by atoms with E-state index in [2.05, 4.69) is 5.32 Å². The van der Waals surface area contributed by atoms with E-state index in [1.165, 1.54) is 6.92 Å². The van der Waals surface area contributed by atoms with Crippen LogP contribution in [0.2, 0.25) is 0 Å². The maximum atomic E-state index is 11.7. The number of benzene rings is 2. The van der Waals surface area contributed by atoms with E-state index in [4.69, 9.17) is 4.74 Å². The Morgan fingerprint density at radius 1 is 1.10 bits per heavy atom. The number of ether oxygens (including phenoxy) is 1. The van der Waals surface area contributed by atoms with Crippen LogP contribution in [0, 0.1) is 0 Å². The molecule has 2 aromatic rings. The Labute approximate surface area is 123 Å². The number of ketones is 1. The van der Waals surface area contributed by atoms with Gasteiger partial charge in [-0.1, -0.05) is 30.3 Å². The van der Waals surface area contributed by atoms with Gasteiger partial charge in [0.05, 0.1) is 13.5 Å². The molecule has 0 heterocycles. The minimum Gasteiger partial charge on any atom is -0.496 e. The lowest BCUT2D eigenvalue weighted by atomic mass is 10.0. The van der Waals surface area contributed by atoms with E-state index >= 15 is 0 Å². The van der Waals surface area contributed by atoms with Crippen molar-refractivity contribution in [3.8, 4) is 16.9 Å². The molecule has 0 spiro atoms. The van der Waals surface area contributed by atoms with E-state index in [1.807, 2.05) is 36.4 Å². The normalized spacial score (nSPS) is 10.0. The lowest BCUT2D eigenvalue weighted by molar-refractivity contribution is -0.124. The number of hydrogen-bond donors (Lipinski definition) is 1. The zero-order chi connectivity index (χ0) is 15.2. The fourth-order valence-electron chi connectivity index (χ4n) is 2.06. The molecule has 0 aliphatic rings. The zero-order valence-electron chi connectivity index (χ0n) is 12.1. The number of hydrogen-bond acceptors (Lipinski definition) is 3. The van der Waals surface area contributed by atoms with Crippen LogP contribution >= 0.6 is 0 Å². The van der Waals surface area contributed by atoms with Gasteiger partial charge >= 0.3 is 0 Å². The molecule has 0 bridgehead atoms. The Balaban J connectivity index is 2.30. The SMILES string of the molecule is COc1ccc(NC(=O)CC(C)=O)cc1-c1ccccc1. The fourth-order valence-corrected chi connectivity index (χ4v) is 2.06. The molecule has 1 amide bonds. The van der Waals surface area contributed by atoms with Crippen LogP contribution in [0.15, 0.2) is 48.5 Å². The van der Waals surface area contributed by atoms with Gasteiger partial charge in [-0.3, -0.25) is 9.59 Å². The topological polar surface area (TPSA) is 55.4 Å². The Morgan fingerprint density at radius 2 is 1.81 bits per heavy atom. The molecule has 21 heavy (non-hydrogen) atoms. The first-order valence-corrected chi connectivity index (χ1v) is 6.63. The van der Waals surface area contributed by atoms with Crippen molar-refractivity contribution in [1.82, 2.24) is 0 Å². The van der Waals surface area contributed by atoms with E-state index in [0.29, 0.717) is 5.69 Å². The Kier molecular flexibility index (Phi) is 4.72. The van der Waals surface area contributed by atoms with E-state index < -0.39 is 0 Å². The molecule has 2 rings (SSSR count). The molecule has 1 N–H and O–H groups in total. The first kappa shape index (κ1) is 14.8. The highest BCUT2D eigenvalue weighted by molar-refractivity contribution is 6.03. The highest BCUT2D eigenvalue weighted by atomic mass is 16.5. The maximum absolute atomic E-state index is 11.7. The van der Waals surface area contributed by atoms with Gasteiger partial charge in [0.25, 0.3) is 0 Å². The third-order valence-corrected chi connectivity index (χ3v) is 2.98. The summed E-state index contributed by atoms with van der Waals surface area (Å²) < 4.78 is 5.36. The Morgan fingerprint density at radius 3 is 2.43 bits per heavy atom. The maximum Gasteiger partial charge on any atom is 0.231 e. The third kappa shape index (κ3) is 3.92. The molecule has 4 heteroatoms. The van der Waals surface area contributed by atoms with Crippen LogP contribution < -0.4 is 10.1 Å². The molecule has 0 fully saturated rings. The second-order valence-electron chi connectivity index (χ2n) is 4.71. The highest BCUT2D eigenvalue weighted by Crippen LogP contribution is 2.32. The van der Waals surface area contributed by atoms with Gasteiger partial charge in [-0.15, -0.1) is 0 Å². The molecule has 0 radical (unpaired) electrons. The first-order chi connectivity index (χ1) is 10.1. The summed E-state index contributed by atoms with van der Waals surface area (Å²) in [4.78, 5) is 22.6. The van der Waals surface area contributed by atoms with Gasteiger partial charge in [-0.05, 0) is 30.7 Å². The molecular formula is C17H17NO3. The Hall–Kier alpha value is -2.62. The van der Waals surface area contributed by atoms with Crippen molar-refractivity contribution in [3.63, 3.8) is 0 Å². The number of rotatable bonds is 5. The van der Waals surface area contributed by atoms with Gasteiger partial charge in [-0.25, -0.2) is 0 Å². The van der Waals surface area contributed by atoms with Crippen molar-refractivity contribution in [2.75, 3.05) is 12.4 Å². The number of anilines is 1. The average molecular weight is 283 g/mol. The highest BCUT2D eigenvalue weighted by Gasteiger charge is 2.10. The standard InChI is InChI=1S/C17H17NO3/c1-12(19)10-17(20)18-14-8-9-16(21-2)15(11-14)13-6-4-3-5-7-13/h3-9,11H,10H2,1-2H3,(H,18,20). The summed E-state index contributed by atoms with van der Waals surface area (Å²) in [5, 5.41) is 2.72. The summed E-state index contributed by atoms with van der Waals surface area (Å²) in [6.45, 7) is 1.39. The van der Waals surface area contributed by atoms with E-state index in [0.717, 1.165) is 16.9 Å². The molecule has 2 aromatic carbocycles. The molecule has 0 saturated heterocycles. The molecule has 0 aliphatic heterocycles. The van der Waals surface area contributed by atoms with Gasteiger partial charge in [0.15, 0.2) is 0 Å². The molecule has 0 atom stereocenters. The summed E-state index contributed by atoms with van der Waals surface area (Å²) in [6, 6.07) is 15.2. The summed E-state index contributed by atoms with van der Waals surface area (Å²) >= 11 is 0. The van der Waals surface area contributed by atoms with Crippen molar-refractivity contribution < 1.29 is 14.3 Å². The number of carbonyl (C=O) groups excluding carboxylic acids is 2. The first-order valence-electron chi connectivity index (χ1n) is 6.63. The van der Waals surface area contributed by atoms with Crippen LogP contribution in [0.25, 0.3) is 11.1 Å². The lowest BCUT2D eigenvalue weighted by Gasteiger charge is -2.11. The van der Waals surface area contributed by atoms with Crippen molar-refractivity contribution in [2.24, 2.45) is 0 Å². The number of carbonyl (C=O) groups is 2. The number of methoxy groups -OCH3 is 1. The van der Waals surface area contributed by atoms with Crippen LogP contribution in [0.4, 0.5) is 5.69 Å². The monoisotopic (exact) mass is 283 g/mol. The van der Waals surface area contributed by atoms with Crippen LogP contribution in [0.1, 0.15) is 13.3 Å². The molecule has 0 aliphatic carbocycles. The van der Waals surface area contributed by atoms with E-state index in [9.17, 15) is 9.59 Å². The predicted octanol–water partition coefficient (Wildman–Crippen LogP) is 3.28. The number of nitrogens with one attached hydrogen (secondary N) is 1. The third-order valence-electron chi connectivity index (χ3n) is 2.98. The van der Waals surface area contributed by atoms with Gasteiger partial charge in [0.1, 0.15) is 11.5 Å². The minimum atomic E-state index is -0.313. The van der Waals surface area contributed by atoms with Crippen molar-refractivity contribution in [1.29, 1.82) is 0 Å². The van der Waals surface area contributed by atoms with Crippen LogP contribution in [0.3, 0.4) is 0 Å². The summed E-state index contributed by atoms with van der Waals surface area (Å²) in [7, 11) is 1.61. The van der Waals surface area contributed by atoms with Gasteiger partial charge < -0.3 is 10.1 Å². The molecule has 108 valence electrons. The van der Waals surface area contributed by atoms with Crippen LogP contribution in [0.5, 0.6) is 5.75 Å². The molecule has 0 saturated carbocycles. The average Bonchev–Trinajstić information content (AvgIpc) is 2.47. The smallest absolute Gasteiger partial charge is 0.231 e. The number of amides is 1. The quantitative estimate of drug-likeness (QED) is 0.857. The molecule has 0 unspecified atom stereocenters. The second kappa shape index (κ2) is 6.70. The second-order valence-corrected chi connectivity index (χ2v) is 4.71. The summed E-state index contributed by atoms with van der Waals surface area (Å²) in [5.41, 5.74) is 2.52. The minimum absolute atomic E-state index is 0.118. The molecular weight excluding hydrogens is 266 g/mol. The van der Waals surface area contributed by atoms with Gasteiger partial charge in [0.2, 0.25) is 5.91 Å². The van der Waals surface area contributed by atoms with Crippen LogP contribution in [-0.4, -0.2) is 18.8 Å². The van der Waals surface area contributed by atoms with Gasteiger partial charge in [0, 0.05) is 11.3 Å². The van der Waals surface area contributed by atoms with Crippen molar-refractivity contribution in [2.45, 2.75) is 13.3 Å². The van der Waals surface area contributed by atoms with Crippen molar-refractivity contribution in [3.05, 3.63) is 48.5 Å². The molecule has 0 aromatic heterocycles. The predicted molar refractivity (Wildman–Crippen MR) is 82.4 cm³/mol. The zero-order valence-corrected chi connectivity index (χ0v) is 12.1. The fraction of sp³-hybridized carbons (Fsp3) is 0.176. The Bertz CT molecular complexity index is 650. The van der Waals surface area contributed by atoms with E-state index in [1.54, 1.807) is 19.2 Å². The van der Waals surface area contributed by atoms with Crippen molar-refractivity contribution >= 4 is 17.4 Å². The van der Waals surface area contributed by atoms with Gasteiger partial charge in [-0.2, -0.15) is 0 Å². The largest absolute Gasteiger partial charge is 0.496 e. The number of Topliss-reactive ketones (excluding diaryl/α,β-unsaturated/α-hetero) is 1. The van der Waals surface area contributed by atoms with Crippen LogP contribution in [-0.2, 0) is 9.59 Å².